The first-order chi connectivity index (χ1) is 13.1. The van der Waals surface area contributed by atoms with E-state index in [0.29, 0.717) is 19.5 Å². The Kier molecular flexibility index (Phi) is 5.96. The van der Waals surface area contributed by atoms with Crippen LogP contribution in [-0.2, 0) is 17.8 Å². The molecule has 6 heteroatoms. The Balaban J connectivity index is 1.80. The third kappa shape index (κ3) is 4.58. The predicted molar refractivity (Wildman–Crippen MR) is 102 cm³/mol. The van der Waals surface area contributed by atoms with Crippen molar-refractivity contribution >= 4 is 12.0 Å². The Morgan fingerprint density at radius 1 is 1.19 bits per heavy atom. The average Bonchev–Trinajstić information content (AvgIpc) is 2.70. The molecule has 2 amide bonds. The van der Waals surface area contributed by atoms with Gasteiger partial charge in [0.2, 0.25) is 0 Å². The van der Waals surface area contributed by atoms with Crippen LogP contribution in [0.4, 0.5) is 4.79 Å². The summed E-state index contributed by atoms with van der Waals surface area (Å²) >= 11 is 0. The van der Waals surface area contributed by atoms with Gasteiger partial charge in [0.15, 0.2) is 0 Å². The largest absolute Gasteiger partial charge is 0.497 e. The van der Waals surface area contributed by atoms with E-state index in [0.717, 1.165) is 23.3 Å². The fourth-order valence-corrected chi connectivity index (χ4v) is 3.41. The second-order valence-corrected chi connectivity index (χ2v) is 6.62. The first-order valence-corrected chi connectivity index (χ1v) is 9.05. The number of rotatable bonds is 6. The zero-order valence-corrected chi connectivity index (χ0v) is 15.4. The van der Waals surface area contributed by atoms with E-state index in [1.807, 2.05) is 47.4 Å². The third-order valence-corrected chi connectivity index (χ3v) is 4.83. The summed E-state index contributed by atoms with van der Waals surface area (Å²) in [5.74, 6) is -0.0841. The zero-order valence-electron chi connectivity index (χ0n) is 15.4. The molecule has 142 valence electrons. The molecule has 0 spiro atoms. The molecule has 2 aromatic carbocycles. The zero-order chi connectivity index (χ0) is 19.2. The normalized spacial score (nSPS) is 15.7. The van der Waals surface area contributed by atoms with Crippen molar-refractivity contribution in [3.63, 3.8) is 0 Å². The Labute approximate surface area is 158 Å². The van der Waals surface area contributed by atoms with Crippen LogP contribution >= 0.6 is 0 Å². The number of nitrogens with one attached hydrogen (secondary N) is 1. The van der Waals surface area contributed by atoms with E-state index in [2.05, 4.69) is 11.4 Å². The molecule has 2 N–H and O–H groups in total. The Morgan fingerprint density at radius 2 is 1.96 bits per heavy atom. The number of fused-ring (bicyclic) bond motifs is 1. The molecule has 1 atom stereocenters. The Hall–Kier alpha value is -3.02. The molecule has 1 aliphatic heterocycles. The van der Waals surface area contributed by atoms with Gasteiger partial charge < -0.3 is 20.1 Å². The van der Waals surface area contributed by atoms with Gasteiger partial charge >= 0.3 is 12.0 Å². The van der Waals surface area contributed by atoms with E-state index in [9.17, 15) is 9.59 Å². The smallest absolute Gasteiger partial charge is 0.318 e. The molecule has 6 nitrogen and oxygen atoms in total. The van der Waals surface area contributed by atoms with E-state index in [-0.39, 0.29) is 18.5 Å². The van der Waals surface area contributed by atoms with E-state index < -0.39 is 5.97 Å². The standard InChI is InChI=1S/C21H24N2O4/c1-27-18-10-9-16-13-19(15-6-3-2-4-7-15)23(14-17(16)12-18)21(26)22-11-5-8-20(24)25/h2-4,6-7,9-10,12,19H,5,8,11,13-14H2,1H3,(H,22,26)(H,24,25). The highest BCUT2D eigenvalue weighted by Crippen LogP contribution is 2.34. The number of hydrogen-bond donors (Lipinski definition) is 2. The monoisotopic (exact) mass is 368 g/mol. The molecule has 0 radical (unpaired) electrons. The summed E-state index contributed by atoms with van der Waals surface area (Å²) < 4.78 is 5.31. The number of aliphatic carboxylic acids is 1. The molecule has 0 aliphatic carbocycles. The third-order valence-electron chi connectivity index (χ3n) is 4.83. The minimum absolute atomic E-state index is 0.0441. The van der Waals surface area contributed by atoms with Gasteiger partial charge in [-0.1, -0.05) is 36.4 Å². The highest BCUT2D eigenvalue weighted by atomic mass is 16.5. The number of methoxy groups -OCH3 is 1. The van der Waals surface area contributed by atoms with Crippen molar-refractivity contribution < 1.29 is 19.4 Å². The summed E-state index contributed by atoms with van der Waals surface area (Å²) in [4.78, 5) is 25.3. The number of carbonyl (C=O) groups is 2. The number of nitrogens with zero attached hydrogens (tertiary/aromatic N) is 1. The van der Waals surface area contributed by atoms with Gasteiger partial charge in [0, 0.05) is 19.5 Å². The summed E-state index contributed by atoms with van der Waals surface area (Å²) in [6.07, 6.45) is 1.18. The van der Waals surface area contributed by atoms with Crippen molar-refractivity contribution in [3.05, 3.63) is 65.2 Å². The molecule has 0 aromatic heterocycles. The number of carboxylic acids is 1. The Morgan fingerprint density at radius 3 is 2.67 bits per heavy atom. The number of ether oxygens (including phenoxy) is 1. The summed E-state index contributed by atoms with van der Waals surface area (Å²) in [6, 6.07) is 15.7. The molecule has 0 bridgehead atoms. The lowest BCUT2D eigenvalue weighted by Crippen LogP contribution is -2.45. The molecule has 27 heavy (non-hydrogen) atoms. The fourth-order valence-electron chi connectivity index (χ4n) is 3.41. The van der Waals surface area contributed by atoms with Gasteiger partial charge in [-0.25, -0.2) is 4.79 Å². The van der Waals surface area contributed by atoms with Crippen molar-refractivity contribution in [2.45, 2.75) is 31.8 Å². The SMILES string of the molecule is COc1ccc2c(c1)CN(C(=O)NCCCC(=O)O)C(c1ccccc1)C2. The average molecular weight is 368 g/mol. The molecule has 1 unspecified atom stereocenters. The van der Waals surface area contributed by atoms with Crippen molar-refractivity contribution in [3.8, 4) is 5.75 Å². The number of benzene rings is 2. The molecule has 0 saturated carbocycles. The van der Waals surface area contributed by atoms with Crippen molar-refractivity contribution in [1.82, 2.24) is 10.2 Å². The molecular weight excluding hydrogens is 344 g/mol. The first kappa shape index (κ1) is 18.8. The van der Waals surface area contributed by atoms with Gasteiger partial charge in [0.05, 0.1) is 13.2 Å². The van der Waals surface area contributed by atoms with E-state index in [4.69, 9.17) is 9.84 Å². The lowest BCUT2D eigenvalue weighted by Gasteiger charge is -2.37. The van der Waals surface area contributed by atoms with Gasteiger partial charge in [0.1, 0.15) is 5.75 Å². The number of amides is 2. The molecule has 0 saturated heterocycles. The van der Waals surface area contributed by atoms with Crippen molar-refractivity contribution in [2.75, 3.05) is 13.7 Å². The Bertz CT molecular complexity index is 807. The van der Waals surface area contributed by atoms with Gasteiger partial charge in [0.25, 0.3) is 0 Å². The van der Waals surface area contributed by atoms with Crippen LogP contribution in [0.5, 0.6) is 5.75 Å². The van der Waals surface area contributed by atoms with Gasteiger partial charge in [-0.05, 0) is 41.7 Å². The van der Waals surface area contributed by atoms with Crippen LogP contribution in [0.1, 0.15) is 35.6 Å². The van der Waals surface area contributed by atoms with Gasteiger partial charge in [-0.2, -0.15) is 0 Å². The number of carbonyl (C=O) groups excluding carboxylic acids is 1. The van der Waals surface area contributed by atoms with Crippen LogP contribution in [0, 0.1) is 0 Å². The highest BCUT2D eigenvalue weighted by molar-refractivity contribution is 5.75. The van der Waals surface area contributed by atoms with Crippen LogP contribution in [0.25, 0.3) is 0 Å². The minimum atomic E-state index is -0.856. The molecule has 1 heterocycles. The maximum absolute atomic E-state index is 12.8. The first-order valence-electron chi connectivity index (χ1n) is 9.05. The maximum atomic E-state index is 12.8. The van der Waals surface area contributed by atoms with E-state index in [1.54, 1.807) is 7.11 Å². The lowest BCUT2D eigenvalue weighted by atomic mass is 9.90. The van der Waals surface area contributed by atoms with Crippen LogP contribution < -0.4 is 10.1 Å². The number of urea groups is 1. The quantitative estimate of drug-likeness (QED) is 0.766. The van der Waals surface area contributed by atoms with E-state index >= 15 is 0 Å². The molecule has 2 aromatic rings. The maximum Gasteiger partial charge on any atom is 0.318 e. The summed E-state index contributed by atoms with van der Waals surface area (Å²) in [5.41, 5.74) is 3.36. The van der Waals surface area contributed by atoms with Gasteiger partial charge in [-0.3, -0.25) is 4.79 Å². The number of hydrogen-bond acceptors (Lipinski definition) is 3. The lowest BCUT2D eigenvalue weighted by molar-refractivity contribution is -0.137. The van der Waals surface area contributed by atoms with Gasteiger partial charge in [-0.15, -0.1) is 0 Å². The second-order valence-electron chi connectivity index (χ2n) is 6.62. The molecule has 0 fully saturated rings. The fraction of sp³-hybridized carbons (Fsp3) is 0.333. The molecular formula is C21H24N2O4. The summed E-state index contributed by atoms with van der Waals surface area (Å²) in [6.45, 7) is 0.824. The second kappa shape index (κ2) is 8.58. The van der Waals surface area contributed by atoms with Crippen LogP contribution in [0.3, 0.4) is 0 Å². The minimum Gasteiger partial charge on any atom is -0.497 e. The van der Waals surface area contributed by atoms with Crippen LogP contribution in [-0.4, -0.2) is 35.7 Å². The van der Waals surface area contributed by atoms with Crippen molar-refractivity contribution in [1.29, 1.82) is 0 Å². The van der Waals surface area contributed by atoms with Crippen LogP contribution in [0.2, 0.25) is 0 Å². The van der Waals surface area contributed by atoms with Crippen molar-refractivity contribution in [2.24, 2.45) is 0 Å². The summed E-state index contributed by atoms with van der Waals surface area (Å²) in [5, 5.41) is 11.6. The summed E-state index contributed by atoms with van der Waals surface area (Å²) in [7, 11) is 1.63. The van der Waals surface area contributed by atoms with E-state index in [1.165, 1.54) is 5.56 Å². The predicted octanol–water partition coefficient (Wildman–Crippen LogP) is 3.37. The molecule has 1 aliphatic rings. The van der Waals surface area contributed by atoms with Crippen LogP contribution in [0.15, 0.2) is 48.5 Å². The topological polar surface area (TPSA) is 78.9 Å². The highest BCUT2D eigenvalue weighted by Gasteiger charge is 2.31. The number of carboxylic acid groups (broad SMARTS) is 1. The molecule has 3 rings (SSSR count).